The molecule has 0 saturated heterocycles. The Balaban J connectivity index is 1.39. The number of hydrogen-bond donors (Lipinski definition) is 1. The van der Waals surface area contributed by atoms with Gasteiger partial charge in [-0.2, -0.15) is 0 Å². The number of carbonyl (C=O) groups excluding carboxylic acids is 1. The van der Waals surface area contributed by atoms with Crippen LogP contribution in [0.25, 0.3) is 10.9 Å². The number of amides is 1. The van der Waals surface area contributed by atoms with Gasteiger partial charge in [0.05, 0.1) is 0 Å². The van der Waals surface area contributed by atoms with E-state index in [1.165, 1.54) is 27.8 Å². The highest BCUT2D eigenvalue weighted by molar-refractivity contribution is 7.15. The standard InChI is InChI=1S/C20H18N4O2S/c1-24-12-14(16-9-5-6-10-17(16)24)11-19-22-23-20(27-19)21-18(25)13-26-15-7-3-2-4-8-15/h2-10,12H,11,13H2,1H3,(H,21,23,25). The van der Waals surface area contributed by atoms with Gasteiger partial charge in [0.15, 0.2) is 6.61 Å². The van der Waals surface area contributed by atoms with Crippen LogP contribution in [0.15, 0.2) is 60.8 Å². The fourth-order valence-corrected chi connectivity index (χ4v) is 3.70. The van der Waals surface area contributed by atoms with E-state index in [2.05, 4.69) is 38.4 Å². The first-order valence-corrected chi connectivity index (χ1v) is 9.34. The average molecular weight is 378 g/mol. The Bertz CT molecular complexity index is 1070. The molecule has 0 aliphatic carbocycles. The fourth-order valence-electron chi connectivity index (χ4n) is 2.93. The first-order valence-electron chi connectivity index (χ1n) is 8.52. The smallest absolute Gasteiger partial charge is 0.264 e. The molecule has 7 heteroatoms. The second-order valence-electron chi connectivity index (χ2n) is 6.11. The molecule has 0 spiro atoms. The summed E-state index contributed by atoms with van der Waals surface area (Å²) in [6, 6.07) is 17.5. The molecule has 0 aliphatic rings. The number of para-hydroxylation sites is 2. The number of benzene rings is 2. The molecule has 4 aromatic rings. The van der Waals surface area contributed by atoms with Crippen molar-refractivity contribution in [1.29, 1.82) is 0 Å². The maximum Gasteiger partial charge on any atom is 0.264 e. The summed E-state index contributed by atoms with van der Waals surface area (Å²) in [5, 5.41) is 13.5. The number of rotatable bonds is 6. The van der Waals surface area contributed by atoms with E-state index in [0.29, 0.717) is 17.3 Å². The van der Waals surface area contributed by atoms with Gasteiger partial charge in [-0.25, -0.2) is 0 Å². The van der Waals surface area contributed by atoms with Gasteiger partial charge in [-0.15, -0.1) is 10.2 Å². The summed E-state index contributed by atoms with van der Waals surface area (Å²) < 4.78 is 7.54. The van der Waals surface area contributed by atoms with E-state index in [4.69, 9.17) is 4.74 Å². The van der Waals surface area contributed by atoms with Crippen molar-refractivity contribution in [2.45, 2.75) is 6.42 Å². The van der Waals surface area contributed by atoms with Gasteiger partial charge in [-0.1, -0.05) is 47.7 Å². The van der Waals surface area contributed by atoms with Crippen molar-refractivity contribution in [1.82, 2.24) is 14.8 Å². The molecule has 0 bridgehead atoms. The predicted octanol–water partition coefficient (Wildman–Crippen LogP) is 3.64. The van der Waals surface area contributed by atoms with Gasteiger partial charge >= 0.3 is 0 Å². The summed E-state index contributed by atoms with van der Waals surface area (Å²) in [6.45, 7) is -0.0672. The van der Waals surface area contributed by atoms with Crippen molar-refractivity contribution in [3.05, 3.63) is 71.4 Å². The average Bonchev–Trinajstić information content (AvgIpc) is 3.26. The van der Waals surface area contributed by atoms with Gasteiger partial charge in [-0.05, 0) is 23.8 Å². The number of nitrogens with zero attached hydrogens (tertiary/aromatic N) is 3. The molecule has 2 heterocycles. The highest BCUT2D eigenvalue weighted by Crippen LogP contribution is 2.25. The molecular formula is C20H18N4O2S. The number of anilines is 1. The molecule has 136 valence electrons. The van der Waals surface area contributed by atoms with Gasteiger partial charge < -0.3 is 9.30 Å². The highest BCUT2D eigenvalue weighted by Gasteiger charge is 2.12. The van der Waals surface area contributed by atoms with E-state index in [9.17, 15) is 4.79 Å². The minimum atomic E-state index is -0.258. The molecule has 1 amide bonds. The van der Waals surface area contributed by atoms with Gasteiger partial charge in [-0.3, -0.25) is 10.1 Å². The van der Waals surface area contributed by atoms with Crippen molar-refractivity contribution < 1.29 is 9.53 Å². The van der Waals surface area contributed by atoms with Crippen LogP contribution >= 0.6 is 11.3 Å². The Morgan fingerprint density at radius 1 is 1.11 bits per heavy atom. The third-order valence-electron chi connectivity index (χ3n) is 4.15. The van der Waals surface area contributed by atoms with Crippen LogP contribution in [0.2, 0.25) is 0 Å². The number of carbonyl (C=O) groups is 1. The number of nitrogens with one attached hydrogen (secondary N) is 1. The number of aryl methyl sites for hydroxylation is 1. The van der Waals surface area contributed by atoms with Crippen molar-refractivity contribution >= 4 is 33.3 Å². The van der Waals surface area contributed by atoms with Crippen molar-refractivity contribution in [2.24, 2.45) is 7.05 Å². The summed E-state index contributed by atoms with van der Waals surface area (Å²) >= 11 is 1.38. The number of aromatic nitrogens is 3. The first-order chi connectivity index (χ1) is 13.2. The third-order valence-corrected chi connectivity index (χ3v) is 4.99. The molecular weight excluding hydrogens is 360 g/mol. The zero-order valence-corrected chi connectivity index (χ0v) is 15.6. The van der Waals surface area contributed by atoms with Crippen LogP contribution in [0.3, 0.4) is 0 Å². The van der Waals surface area contributed by atoms with Crippen LogP contribution in [0.1, 0.15) is 10.6 Å². The molecule has 0 aliphatic heterocycles. The fraction of sp³-hybridized carbons (Fsp3) is 0.150. The molecule has 0 fully saturated rings. The second-order valence-corrected chi connectivity index (χ2v) is 7.17. The summed E-state index contributed by atoms with van der Waals surface area (Å²) in [5.74, 6) is 0.397. The van der Waals surface area contributed by atoms with E-state index in [0.717, 1.165) is 5.01 Å². The Kier molecular flexibility index (Phi) is 4.84. The van der Waals surface area contributed by atoms with E-state index in [1.807, 2.05) is 37.4 Å². The van der Waals surface area contributed by atoms with Gasteiger partial charge in [0.25, 0.3) is 5.91 Å². The molecule has 6 nitrogen and oxygen atoms in total. The van der Waals surface area contributed by atoms with Crippen molar-refractivity contribution in [3.8, 4) is 5.75 Å². The molecule has 2 aromatic heterocycles. The molecule has 27 heavy (non-hydrogen) atoms. The molecule has 0 unspecified atom stereocenters. The minimum absolute atomic E-state index is 0.0672. The lowest BCUT2D eigenvalue weighted by atomic mass is 10.1. The van der Waals surface area contributed by atoms with Gasteiger partial charge in [0.1, 0.15) is 10.8 Å². The Morgan fingerprint density at radius 2 is 1.89 bits per heavy atom. The molecule has 0 saturated carbocycles. The quantitative estimate of drug-likeness (QED) is 0.556. The number of ether oxygens (including phenoxy) is 1. The molecule has 2 aromatic carbocycles. The first kappa shape index (κ1) is 17.2. The lowest BCUT2D eigenvalue weighted by Gasteiger charge is -2.04. The minimum Gasteiger partial charge on any atom is -0.484 e. The van der Waals surface area contributed by atoms with E-state index >= 15 is 0 Å². The molecule has 4 rings (SSSR count). The third kappa shape index (κ3) is 3.98. The number of hydrogen-bond acceptors (Lipinski definition) is 5. The van der Waals surface area contributed by atoms with Gasteiger partial charge in [0.2, 0.25) is 5.13 Å². The monoisotopic (exact) mass is 378 g/mol. The SMILES string of the molecule is Cn1cc(Cc2nnc(NC(=O)COc3ccccc3)s2)c2ccccc21. The van der Waals surface area contributed by atoms with Gasteiger partial charge in [0, 0.05) is 30.6 Å². The summed E-state index contributed by atoms with van der Waals surface area (Å²) in [6.07, 6.45) is 2.79. The van der Waals surface area contributed by atoms with E-state index in [1.54, 1.807) is 12.1 Å². The highest BCUT2D eigenvalue weighted by atomic mass is 32.1. The van der Waals surface area contributed by atoms with Crippen LogP contribution in [0.5, 0.6) is 5.75 Å². The maximum atomic E-state index is 12.0. The predicted molar refractivity (Wildman–Crippen MR) is 106 cm³/mol. The van der Waals surface area contributed by atoms with Crippen LogP contribution in [0.4, 0.5) is 5.13 Å². The Labute approximate surface area is 160 Å². The molecule has 1 N–H and O–H groups in total. The molecule has 0 radical (unpaired) electrons. The largest absolute Gasteiger partial charge is 0.484 e. The zero-order chi connectivity index (χ0) is 18.6. The topological polar surface area (TPSA) is 69.0 Å². The van der Waals surface area contributed by atoms with Crippen LogP contribution in [0, 0.1) is 0 Å². The Hall–Kier alpha value is -3.19. The van der Waals surface area contributed by atoms with Crippen molar-refractivity contribution in [3.63, 3.8) is 0 Å². The lowest BCUT2D eigenvalue weighted by Crippen LogP contribution is -2.20. The lowest BCUT2D eigenvalue weighted by molar-refractivity contribution is -0.118. The normalized spacial score (nSPS) is 10.9. The number of fused-ring (bicyclic) bond motifs is 1. The van der Waals surface area contributed by atoms with Crippen LogP contribution in [-0.2, 0) is 18.3 Å². The summed E-state index contributed by atoms with van der Waals surface area (Å²) in [7, 11) is 2.03. The van der Waals surface area contributed by atoms with Crippen LogP contribution < -0.4 is 10.1 Å². The van der Waals surface area contributed by atoms with E-state index < -0.39 is 0 Å². The van der Waals surface area contributed by atoms with E-state index in [-0.39, 0.29) is 12.5 Å². The maximum absolute atomic E-state index is 12.0. The molecule has 0 atom stereocenters. The summed E-state index contributed by atoms with van der Waals surface area (Å²) in [4.78, 5) is 12.0. The second kappa shape index (κ2) is 7.59. The Morgan fingerprint density at radius 3 is 2.74 bits per heavy atom. The van der Waals surface area contributed by atoms with Crippen LogP contribution in [-0.4, -0.2) is 27.3 Å². The summed E-state index contributed by atoms with van der Waals surface area (Å²) in [5.41, 5.74) is 2.37. The zero-order valence-electron chi connectivity index (χ0n) is 14.8. The van der Waals surface area contributed by atoms with Crippen molar-refractivity contribution in [2.75, 3.05) is 11.9 Å².